The SMILES string of the molecule is C=CCS(=O)(=O)CC(=O)N(CCO)CCO. The highest BCUT2D eigenvalue weighted by molar-refractivity contribution is 7.92. The number of carbonyl (C=O) groups is 1. The van der Waals surface area contributed by atoms with Gasteiger partial charge >= 0.3 is 0 Å². The lowest BCUT2D eigenvalue weighted by Gasteiger charge is -2.20. The maximum Gasteiger partial charge on any atom is 0.237 e. The molecule has 0 aromatic carbocycles. The summed E-state index contributed by atoms with van der Waals surface area (Å²) in [7, 11) is -3.49. The number of carbonyl (C=O) groups excluding carboxylic acids is 1. The van der Waals surface area contributed by atoms with E-state index in [9.17, 15) is 13.2 Å². The first-order valence-corrected chi connectivity index (χ1v) is 6.59. The van der Waals surface area contributed by atoms with Crippen LogP contribution < -0.4 is 0 Å². The molecule has 0 unspecified atom stereocenters. The van der Waals surface area contributed by atoms with Crippen LogP contribution >= 0.6 is 0 Å². The molecule has 7 heteroatoms. The number of amides is 1. The first-order valence-electron chi connectivity index (χ1n) is 4.77. The van der Waals surface area contributed by atoms with Crippen LogP contribution in [0.25, 0.3) is 0 Å². The van der Waals surface area contributed by atoms with Gasteiger partial charge < -0.3 is 15.1 Å². The zero-order valence-electron chi connectivity index (χ0n) is 9.00. The van der Waals surface area contributed by atoms with E-state index in [4.69, 9.17) is 10.2 Å². The summed E-state index contributed by atoms with van der Waals surface area (Å²) in [4.78, 5) is 12.6. The molecule has 0 aromatic rings. The van der Waals surface area contributed by atoms with Gasteiger partial charge in [-0.3, -0.25) is 4.79 Å². The summed E-state index contributed by atoms with van der Waals surface area (Å²) in [5, 5.41) is 17.3. The minimum Gasteiger partial charge on any atom is -0.395 e. The van der Waals surface area contributed by atoms with Crippen molar-refractivity contribution in [3.05, 3.63) is 12.7 Å². The number of aliphatic hydroxyl groups excluding tert-OH is 2. The maximum atomic E-state index is 11.5. The van der Waals surface area contributed by atoms with Gasteiger partial charge in [0.1, 0.15) is 5.75 Å². The van der Waals surface area contributed by atoms with E-state index < -0.39 is 21.5 Å². The smallest absolute Gasteiger partial charge is 0.237 e. The van der Waals surface area contributed by atoms with E-state index in [1.807, 2.05) is 0 Å². The minimum absolute atomic E-state index is 0.0169. The fourth-order valence-corrected chi connectivity index (χ4v) is 2.16. The van der Waals surface area contributed by atoms with E-state index in [-0.39, 0.29) is 32.1 Å². The van der Waals surface area contributed by atoms with Crippen LogP contribution in [0.3, 0.4) is 0 Å². The molecular formula is C9H17NO5S. The number of hydrogen-bond acceptors (Lipinski definition) is 5. The van der Waals surface area contributed by atoms with Crippen molar-refractivity contribution >= 4 is 15.7 Å². The third-order valence-electron chi connectivity index (χ3n) is 1.81. The molecule has 0 radical (unpaired) electrons. The van der Waals surface area contributed by atoms with Crippen molar-refractivity contribution in [3.63, 3.8) is 0 Å². The third kappa shape index (κ3) is 5.84. The summed E-state index contributed by atoms with van der Waals surface area (Å²) in [5.74, 6) is -1.51. The van der Waals surface area contributed by atoms with E-state index in [0.29, 0.717) is 0 Å². The van der Waals surface area contributed by atoms with Crippen molar-refractivity contribution in [1.82, 2.24) is 4.90 Å². The molecule has 0 aliphatic heterocycles. The molecule has 0 saturated heterocycles. The average molecular weight is 251 g/mol. The minimum atomic E-state index is -3.49. The molecule has 6 nitrogen and oxygen atoms in total. The van der Waals surface area contributed by atoms with Gasteiger partial charge in [-0.25, -0.2) is 8.42 Å². The highest BCUT2D eigenvalue weighted by atomic mass is 32.2. The highest BCUT2D eigenvalue weighted by Gasteiger charge is 2.20. The molecule has 0 heterocycles. The van der Waals surface area contributed by atoms with Crippen molar-refractivity contribution in [1.29, 1.82) is 0 Å². The Morgan fingerprint density at radius 2 is 1.75 bits per heavy atom. The second kappa shape index (κ2) is 7.37. The molecule has 0 spiro atoms. The first-order chi connectivity index (χ1) is 7.46. The molecule has 2 N–H and O–H groups in total. The van der Waals surface area contributed by atoms with Crippen molar-refractivity contribution in [2.45, 2.75) is 0 Å². The summed E-state index contributed by atoms with van der Waals surface area (Å²) in [6.45, 7) is 2.78. The lowest BCUT2D eigenvalue weighted by molar-refractivity contribution is -0.129. The molecular weight excluding hydrogens is 234 g/mol. The molecule has 0 bridgehead atoms. The lowest BCUT2D eigenvalue weighted by atomic mass is 10.4. The van der Waals surface area contributed by atoms with Crippen LogP contribution in [0.4, 0.5) is 0 Å². The molecule has 94 valence electrons. The Bertz CT molecular complexity index is 319. The fraction of sp³-hybridized carbons (Fsp3) is 0.667. The van der Waals surface area contributed by atoms with Gasteiger partial charge in [0.05, 0.1) is 19.0 Å². The van der Waals surface area contributed by atoms with Crippen LogP contribution in [0.1, 0.15) is 0 Å². The van der Waals surface area contributed by atoms with Crippen LogP contribution in [0, 0.1) is 0 Å². The molecule has 16 heavy (non-hydrogen) atoms. The Morgan fingerprint density at radius 1 is 1.25 bits per heavy atom. The first kappa shape index (κ1) is 15.1. The van der Waals surface area contributed by atoms with Gasteiger partial charge in [0.2, 0.25) is 5.91 Å². The van der Waals surface area contributed by atoms with Gasteiger partial charge in [-0.2, -0.15) is 0 Å². The number of rotatable bonds is 8. The summed E-state index contributed by atoms with van der Waals surface area (Å²) < 4.78 is 22.6. The predicted octanol–water partition coefficient (Wildman–Crippen LogP) is -1.60. The van der Waals surface area contributed by atoms with E-state index in [1.54, 1.807) is 0 Å². The molecule has 0 saturated carbocycles. The zero-order valence-corrected chi connectivity index (χ0v) is 9.82. The van der Waals surface area contributed by atoms with Gasteiger partial charge in [-0.15, -0.1) is 6.58 Å². The van der Waals surface area contributed by atoms with E-state index in [0.717, 1.165) is 4.90 Å². The highest BCUT2D eigenvalue weighted by Crippen LogP contribution is 1.97. The summed E-state index contributed by atoms with van der Waals surface area (Å²) in [5.41, 5.74) is 0. The van der Waals surface area contributed by atoms with Crippen molar-refractivity contribution in [3.8, 4) is 0 Å². The van der Waals surface area contributed by atoms with Gasteiger partial charge in [0.15, 0.2) is 9.84 Å². The molecule has 0 aliphatic rings. The Kier molecular flexibility index (Phi) is 6.95. The van der Waals surface area contributed by atoms with Crippen LogP contribution in [0.15, 0.2) is 12.7 Å². The monoisotopic (exact) mass is 251 g/mol. The Labute approximate surface area is 95.1 Å². The lowest BCUT2D eigenvalue weighted by Crippen LogP contribution is -2.39. The Balaban J connectivity index is 4.45. The summed E-state index contributed by atoms with van der Waals surface area (Å²) >= 11 is 0. The molecule has 0 atom stereocenters. The third-order valence-corrected chi connectivity index (χ3v) is 3.24. The second-order valence-electron chi connectivity index (χ2n) is 3.17. The predicted molar refractivity (Wildman–Crippen MR) is 59.6 cm³/mol. The standard InChI is InChI=1S/C9H17NO5S/c1-2-7-16(14,15)8-9(13)10(3-5-11)4-6-12/h2,11-12H,1,3-8H2. The van der Waals surface area contributed by atoms with Gasteiger partial charge in [-0.1, -0.05) is 6.08 Å². The zero-order chi connectivity index (χ0) is 12.6. The maximum absolute atomic E-state index is 11.5. The Morgan fingerprint density at radius 3 is 2.12 bits per heavy atom. The van der Waals surface area contributed by atoms with Crippen molar-refractivity contribution in [2.24, 2.45) is 0 Å². The van der Waals surface area contributed by atoms with E-state index in [2.05, 4.69) is 6.58 Å². The fourth-order valence-electron chi connectivity index (χ4n) is 1.12. The Hall–Kier alpha value is -0.920. The molecule has 0 aromatic heterocycles. The number of nitrogens with zero attached hydrogens (tertiary/aromatic N) is 1. The molecule has 0 aliphatic carbocycles. The van der Waals surface area contributed by atoms with Crippen LogP contribution in [-0.2, 0) is 14.6 Å². The van der Waals surface area contributed by atoms with Gasteiger partial charge in [0, 0.05) is 13.1 Å². The number of aliphatic hydroxyl groups is 2. The van der Waals surface area contributed by atoms with Crippen molar-refractivity contribution < 1.29 is 23.4 Å². The normalized spacial score (nSPS) is 11.1. The summed E-state index contributed by atoms with van der Waals surface area (Å²) in [6.07, 6.45) is 1.21. The van der Waals surface area contributed by atoms with E-state index >= 15 is 0 Å². The van der Waals surface area contributed by atoms with E-state index in [1.165, 1.54) is 6.08 Å². The number of hydrogen-bond donors (Lipinski definition) is 2. The number of sulfone groups is 1. The molecule has 0 fully saturated rings. The van der Waals surface area contributed by atoms with Crippen LogP contribution in [0.2, 0.25) is 0 Å². The van der Waals surface area contributed by atoms with Gasteiger partial charge in [0.25, 0.3) is 0 Å². The quantitative estimate of drug-likeness (QED) is 0.507. The van der Waals surface area contributed by atoms with Crippen LogP contribution in [0.5, 0.6) is 0 Å². The molecule has 1 amide bonds. The van der Waals surface area contributed by atoms with Crippen LogP contribution in [-0.4, -0.2) is 67.2 Å². The molecule has 0 rings (SSSR count). The van der Waals surface area contributed by atoms with Crippen molar-refractivity contribution in [2.75, 3.05) is 37.8 Å². The largest absolute Gasteiger partial charge is 0.395 e. The topological polar surface area (TPSA) is 94.9 Å². The average Bonchev–Trinajstić information content (AvgIpc) is 2.16. The summed E-state index contributed by atoms with van der Waals surface area (Å²) in [6, 6.07) is 0. The second-order valence-corrected chi connectivity index (χ2v) is 5.28. The van der Waals surface area contributed by atoms with Gasteiger partial charge in [-0.05, 0) is 0 Å².